The van der Waals surface area contributed by atoms with E-state index in [-0.39, 0.29) is 49.2 Å². The summed E-state index contributed by atoms with van der Waals surface area (Å²) in [7, 11) is 1.30. The normalized spacial score (nSPS) is 21.5. The summed E-state index contributed by atoms with van der Waals surface area (Å²) in [5.74, 6) is -0.998. The van der Waals surface area contributed by atoms with Crippen LogP contribution in [-0.4, -0.2) is 78.0 Å². The minimum atomic E-state index is -0.760. The molecule has 3 N–H and O–H groups in total. The quantitative estimate of drug-likeness (QED) is 0.320. The Bertz CT molecular complexity index is 856. The number of aromatic hydroxyl groups is 1. The van der Waals surface area contributed by atoms with Crippen molar-refractivity contribution in [1.29, 1.82) is 0 Å². The average Bonchev–Trinajstić information content (AvgIpc) is 3.29. The molecule has 1 aromatic carbocycles. The summed E-state index contributed by atoms with van der Waals surface area (Å²) in [4.78, 5) is 40.8. The highest BCUT2D eigenvalue weighted by molar-refractivity contribution is 5.92. The summed E-state index contributed by atoms with van der Waals surface area (Å²) in [6, 6.07) is 5.00. The van der Waals surface area contributed by atoms with Gasteiger partial charge in [0, 0.05) is 26.2 Å². The van der Waals surface area contributed by atoms with Gasteiger partial charge in [0.15, 0.2) is 0 Å². The third-order valence-corrected chi connectivity index (χ3v) is 6.90. The number of hydrogen-bond donors (Lipinski definition) is 3. The molecule has 9 nitrogen and oxygen atoms in total. The molecule has 0 radical (unpaired) electrons. The van der Waals surface area contributed by atoms with Crippen LogP contribution in [0.3, 0.4) is 0 Å². The van der Waals surface area contributed by atoms with Crippen molar-refractivity contribution in [2.75, 3.05) is 26.9 Å². The van der Waals surface area contributed by atoms with Gasteiger partial charge in [-0.1, -0.05) is 31.4 Å². The van der Waals surface area contributed by atoms with Crippen molar-refractivity contribution in [3.8, 4) is 5.75 Å². The molecule has 2 fully saturated rings. The standard InChI is InChI=1S/C26H38N2O7/c1-34-26(33)22-16-21(35-13-6-5-12-29)17-28(22)25(32)24(19-9-3-2-4-10-19)27-23(31)15-18-8-7-11-20(30)14-18/h7-8,11,14,19,21-22,24,29-30H,2-6,9-10,12-13,15-17H2,1H3,(H,27,31)/t21-,22+,24+/m1/s1. The molecule has 0 aromatic heterocycles. The fraction of sp³-hybridized carbons (Fsp3) is 0.654. The van der Waals surface area contributed by atoms with Gasteiger partial charge in [0.05, 0.1) is 19.6 Å². The Morgan fingerprint density at radius 2 is 1.94 bits per heavy atom. The van der Waals surface area contributed by atoms with Gasteiger partial charge in [-0.25, -0.2) is 4.79 Å². The molecule has 2 aliphatic rings. The van der Waals surface area contributed by atoms with Gasteiger partial charge < -0.3 is 29.9 Å². The second-order valence-electron chi connectivity index (χ2n) is 9.48. The zero-order valence-electron chi connectivity index (χ0n) is 20.5. The van der Waals surface area contributed by atoms with Gasteiger partial charge in [0.25, 0.3) is 0 Å². The Morgan fingerprint density at radius 1 is 1.17 bits per heavy atom. The number of amides is 2. The van der Waals surface area contributed by atoms with Gasteiger partial charge in [-0.2, -0.15) is 0 Å². The number of aliphatic hydroxyl groups is 1. The Labute approximate surface area is 206 Å². The van der Waals surface area contributed by atoms with E-state index < -0.39 is 18.1 Å². The second kappa shape index (κ2) is 13.4. The SMILES string of the molecule is COC(=O)[C@@H]1C[C@@H](OCCCCO)CN1C(=O)[C@@H](NC(=O)Cc1cccc(O)c1)C1CCCCC1. The molecule has 1 saturated carbocycles. The molecule has 3 atom stereocenters. The molecule has 0 bridgehead atoms. The number of carbonyl (C=O) groups is 3. The maximum absolute atomic E-state index is 13.8. The van der Waals surface area contributed by atoms with Gasteiger partial charge in [-0.15, -0.1) is 0 Å². The van der Waals surface area contributed by atoms with Crippen molar-refractivity contribution in [2.45, 2.75) is 76.0 Å². The number of phenols is 1. The van der Waals surface area contributed by atoms with Crippen LogP contribution in [0.1, 0.15) is 56.9 Å². The third-order valence-electron chi connectivity index (χ3n) is 6.90. The summed E-state index contributed by atoms with van der Waals surface area (Å²) in [6.07, 6.45) is 6.16. The number of nitrogens with zero attached hydrogens (tertiary/aromatic N) is 1. The van der Waals surface area contributed by atoms with Crippen molar-refractivity contribution < 1.29 is 34.1 Å². The van der Waals surface area contributed by atoms with E-state index in [1.54, 1.807) is 18.2 Å². The number of hydrogen-bond acceptors (Lipinski definition) is 7. The molecule has 35 heavy (non-hydrogen) atoms. The lowest BCUT2D eigenvalue weighted by Gasteiger charge is -2.34. The second-order valence-corrected chi connectivity index (χ2v) is 9.48. The Kier molecular flexibility index (Phi) is 10.3. The molecule has 0 spiro atoms. The minimum absolute atomic E-state index is 0.00723. The van der Waals surface area contributed by atoms with Crippen LogP contribution in [-0.2, 0) is 30.3 Å². The summed E-state index contributed by atoms with van der Waals surface area (Å²) < 4.78 is 10.9. The molecule has 9 heteroatoms. The number of rotatable bonds is 11. The van der Waals surface area contributed by atoms with Crippen LogP contribution >= 0.6 is 0 Å². The summed E-state index contributed by atoms with van der Waals surface area (Å²) in [6.45, 7) is 0.784. The van der Waals surface area contributed by atoms with Crippen molar-refractivity contribution in [1.82, 2.24) is 10.2 Å². The first-order valence-corrected chi connectivity index (χ1v) is 12.6. The minimum Gasteiger partial charge on any atom is -0.508 e. The van der Waals surface area contributed by atoms with Gasteiger partial charge in [0.1, 0.15) is 17.8 Å². The fourth-order valence-corrected chi connectivity index (χ4v) is 5.09. The molecule has 0 unspecified atom stereocenters. The van der Waals surface area contributed by atoms with Crippen LogP contribution in [0.2, 0.25) is 0 Å². The van der Waals surface area contributed by atoms with E-state index in [1.807, 2.05) is 0 Å². The number of benzene rings is 1. The molecule has 2 amide bonds. The maximum atomic E-state index is 13.8. The molecule has 194 valence electrons. The number of likely N-dealkylation sites (tertiary alicyclic amines) is 1. The molecule has 1 saturated heterocycles. The lowest BCUT2D eigenvalue weighted by atomic mass is 9.83. The number of carbonyl (C=O) groups excluding carboxylic acids is 3. The van der Waals surface area contributed by atoms with Gasteiger partial charge in [-0.05, 0) is 49.3 Å². The predicted octanol–water partition coefficient (Wildman–Crippen LogP) is 1.93. The highest BCUT2D eigenvalue weighted by atomic mass is 16.5. The van der Waals surface area contributed by atoms with Crippen LogP contribution < -0.4 is 5.32 Å². The molecule has 1 aromatic rings. The molecule has 3 rings (SSSR count). The van der Waals surface area contributed by atoms with Crippen molar-refractivity contribution in [2.24, 2.45) is 5.92 Å². The van der Waals surface area contributed by atoms with Crippen molar-refractivity contribution in [3.05, 3.63) is 29.8 Å². The lowest BCUT2D eigenvalue weighted by Crippen LogP contribution is -2.55. The van der Waals surface area contributed by atoms with E-state index in [0.717, 1.165) is 32.1 Å². The zero-order chi connectivity index (χ0) is 25.2. The number of methoxy groups -OCH3 is 1. The zero-order valence-corrected chi connectivity index (χ0v) is 20.5. The molecular formula is C26H38N2O7. The van der Waals surface area contributed by atoms with E-state index in [9.17, 15) is 19.5 Å². The monoisotopic (exact) mass is 490 g/mol. The fourth-order valence-electron chi connectivity index (χ4n) is 5.09. The smallest absolute Gasteiger partial charge is 0.328 e. The summed E-state index contributed by atoms with van der Waals surface area (Å²) in [5, 5.41) is 21.6. The topological polar surface area (TPSA) is 125 Å². The Balaban J connectivity index is 1.73. The maximum Gasteiger partial charge on any atom is 0.328 e. The van der Waals surface area contributed by atoms with Crippen molar-refractivity contribution in [3.63, 3.8) is 0 Å². The molecule has 1 aliphatic heterocycles. The number of unbranched alkanes of at least 4 members (excludes halogenated alkanes) is 1. The van der Waals surface area contributed by atoms with Crippen LogP contribution in [0.4, 0.5) is 0 Å². The number of ether oxygens (including phenoxy) is 2. The van der Waals surface area contributed by atoms with E-state index >= 15 is 0 Å². The number of esters is 1. The predicted molar refractivity (Wildman–Crippen MR) is 129 cm³/mol. The highest BCUT2D eigenvalue weighted by Crippen LogP contribution is 2.30. The van der Waals surface area contributed by atoms with E-state index in [4.69, 9.17) is 14.6 Å². The van der Waals surface area contributed by atoms with Crippen LogP contribution in [0, 0.1) is 5.92 Å². The van der Waals surface area contributed by atoms with Gasteiger partial charge >= 0.3 is 5.97 Å². The highest BCUT2D eigenvalue weighted by Gasteiger charge is 2.44. The van der Waals surface area contributed by atoms with Crippen LogP contribution in [0.15, 0.2) is 24.3 Å². The Hall–Kier alpha value is -2.65. The number of phenolic OH excluding ortho intramolecular Hbond substituents is 1. The van der Waals surface area contributed by atoms with Crippen LogP contribution in [0.25, 0.3) is 0 Å². The van der Waals surface area contributed by atoms with Crippen molar-refractivity contribution >= 4 is 17.8 Å². The largest absolute Gasteiger partial charge is 0.508 e. The van der Waals surface area contributed by atoms with E-state index in [1.165, 1.54) is 18.1 Å². The Morgan fingerprint density at radius 3 is 2.63 bits per heavy atom. The summed E-state index contributed by atoms with van der Waals surface area (Å²) in [5.41, 5.74) is 0.655. The third kappa shape index (κ3) is 7.67. The number of nitrogens with one attached hydrogen (secondary N) is 1. The molecular weight excluding hydrogens is 452 g/mol. The average molecular weight is 491 g/mol. The van der Waals surface area contributed by atoms with E-state index in [2.05, 4.69) is 5.32 Å². The first-order chi connectivity index (χ1) is 16.9. The van der Waals surface area contributed by atoms with E-state index in [0.29, 0.717) is 31.4 Å². The molecule has 1 aliphatic carbocycles. The van der Waals surface area contributed by atoms with Gasteiger partial charge in [-0.3, -0.25) is 9.59 Å². The van der Waals surface area contributed by atoms with Gasteiger partial charge in [0.2, 0.25) is 11.8 Å². The summed E-state index contributed by atoms with van der Waals surface area (Å²) >= 11 is 0. The lowest BCUT2D eigenvalue weighted by molar-refractivity contribution is -0.152. The first-order valence-electron chi connectivity index (χ1n) is 12.6. The molecule has 1 heterocycles. The number of aliphatic hydroxyl groups excluding tert-OH is 1. The first kappa shape index (κ1) is 26.9. The van der Waals surface area contributed by atoms with Crippen LogP contribution in [0.5, 0.6) is 5.75 Å².